The van der Waals surface area contributed by atoms with Crippen LogP contribution in [0.2, 0.25) is 0 Å². The van der Waals surface area contributed by atoms with Gasteiger partial charge in [0, 0.05) is 24.3 Å². The third kappa shape index (κ3) is 2.59. The van der Waals surface area contributed by atoms with E-state index in [2.05, 4.69) is 53.5 Å². The maximum atomic E-state index is 5.97. The van der Waals surface area contributed by atoms with Crippen molar-refractivity contribution in [2.75, 3.05) is 18.9 Å². The number of ether oxygens (including phenoxy) is 1. The van der Waals surface area contributed by atoms with E-state index < -0.39 is 0 Å². The molecule has 2 aliphatic heterocycles. The molecule has 2 atom stereocenters. The van der Waals surface area contributed by atoms with Crippen LogP contribution in [-0.4, -0.2) is 39.0 Å². The summed E-state index contributed by atoms with van der Waals surface area (Å²) >= 11 is 5.68. The minimum Gasteiger partial charge on any atom is -0.359 e. The number of alkyl halides is 1. The Hall–Kier alpha value is 0.450. The number of thioether (sulfide) groups is 1. The number of hydrogen-bond acceptors (Lipinski definition) is 4. The number of nitrogens with zero attached hydrogens (tertiary/aromatic N) is 1. The van der Waals surface area contributed by atoms with Gasteiger partial charge in [0.25, 0.3) is 0 Å². The molecule has 0 amide bonds. The molecule has 98 valence electrons. The first-order chi connectivity index (χ1) is 7.81. The second-order valence-corrected chi connectivity index (χ2v) is 8.41. The van der Waals surface area contributed by atoms with Crippen molar-refractivity contribution in [2.45, 2.75) is 42.4 Å². The largest absolute Gasteiger partial charge is 0.359 e. The van der Waals surface area contributed by atoms with E-state index in [1.807, 2.05) is 17.8 Å². The van der Waals surface area contributed by atoms with E-state index in [1.165, 1.54) is 0 Å². The van der Waals surface area contributed by atoms with Crippen LogP contribution in [0.15, 0.2) is 12.7 Å². The van der Waals surface area contributed by atoms with E-state index in [9.17, 15) is 0 Å². The van der Waals surface area contributed by atoms with E-state index >= 15 is 0 Å². The van der Waals surface area contributed by atoms with Crippen LogP contribution in [0.25, 0.3) is 0 Å². The SMILES string of the molecule is C=CCS[C@@]1(Br)NC(C)(C)C[C@]2(C)OCCN21. The van der Waals surface area contributed by atoms with Gasteiger partial charge in [0.15, 0.2) is 3.90 Å². The molecule has 0 aromatic rings. The molecule has 17 heavy (non-hydrogen) atoms. The van der Waals surface area contributed by atoms with E-state index in [0.29, 0.717) is 0 Å². The van der Waals surface area contributed by atoms with E-state index in [4.69, 9.17) is 4.74 Å². The van der Waals surface area contributed by atoms with Gasteiger partial charge in [-0.25, -0.2) is 4.90 Å². The summed E-state index contributed by atoms with van der Waals surface area (Å²) in [5, 5.41) is 3.68. The van der Waals surface area contributed by atoms with Crippen LogP contribution in [0.1, 0.15) is 27.2 Å². The fraction of sp³-hybridized carbons (Fsp3) is 0.833. The lowest BCUT2D eigenvalue weighted by atomic mass is 9.90. The van der Waals surface area contributed by atoms with Gasteiger partial charge in [-0.15, -0.1) is 18.3 Å². The van der Waals surface area contributed by atoms with Gasteiger partial charge in [0.1, 0.15) is 5.72 Å². The Morgan fingerprint density at radius 2 is 2.24 bits per heavy atom. The maximum absolute atomic E-state index is 5.97. The molecule has 0 spiro atoms. The summed E-state index contributed by atoms with van der Waals surface area (Å²) in [5.74, 6) is 0.904. The molecule has 2 fully saturated rings. The number of fused-ring (bicyclic) bond motifs is 1. The minimum absolute atomic E-state index is 0.0489. The molecule has 0 bridgehead atoms. The molecule has 0 aliphatic carbocycles. The van der Waals surface area contributed by atoms with Crippen molar-refractivity contribution in [2.24, 2.45) is 0 Å². The van der Waals surface area contributed by atoms with Gasteiger partial charge in [0.05, 0.1) is 6.61 Å². The molecule has 0 aromatic carbocycles. The normalized spacial score (nSPS) is 41.2. The van der Waals surface area contributed by atoms with Gasteiger partial charge in [0.2, 0.25) is 0 Å². The molecule has 5 heteroatoms. The highest BCUT2D eigenvalue weighted by Crippen LogP contribution is 2.48. The fourth-order valence-corrected chi connectivity index (χ4v) is 5.51. The van der Waals surface area contributed by atoms with Crippen molar-refractivity contribution in [1.29, 1.82) is 0 Å². The number of halogens is 1. The topological polar surface area (TPSA) is 24.5 Å². The molecular formula is C12H21BrN2OS. The highest BCUT2D eigenvalue weighted by Gasteiger charge is 2.56. The van der Waals surface area contributed by atoms with E-state index in [0.717, 1.165) is 25.3 Å². The maximum Gasteiger partial charge on any atom is 0.180 e. The van der Waals surface area contributed by atoms with Gasteiger partial charge in [-0.1, -0.05) is 6.08 Å². The Morgan fingerprint density at radius 3 is 2.88 bits per heavy atom. The highest BCUT2D eigenvalue weighted by atomic mass is 79.9. The fourth-order valence-electron chi connectivity index (χ4n) is 2.90. The van der Waals surface area contributed by atoms with E-state index in [1.54, 1.807) is 0 Å². The van der Waals surface area contributed by atoms with Crippen LogP contribution >= 0.6 is 27.7 Å². The zero-order valence-electron chi connectivity index (χ0n) is 10.8. The highest BCUT2D eigenvalue weighted by molar-refractivity contribution is 9.11. The Labute approximate surface area is 116 Å². The summed E-state index contributed by atoms with van der Waals surface area (Å²) in [7, 11) is 0. The predicted octanol–water partition coefficient (Wildman–Crippen LogP) is 2.73. The number of hydrogen-bond donors (Lipinski definition) is 1. The first-order valence-electron chi connectivity index (χ1n) is 5.96. The van der Waals surface area contributed by atoms with Crippen molar-refractivity contribution in [3.8, 4) is 0 Å². The van der Waals surface area contributed by atoms with Crippen LogP contribution in [0, 0.1) is 0 Å². The van der Waals surface area contributed by atoms with Crippen molar-refractivity contribution in [3.05, 3.63) is 12.7 Å². The second-order valence-electron chi connectivity index (χ2n) is 5.52. The lowest BCUT2D eigenvalue weighted by Gasteiger charge is -2.55. The van der Waals surface area contributed by atoms with Crippen molar-refractivity contribution in [3.63, 3.8) is 0 Å². The standard InChI is InChI=1S/C12H21BrN2OS/c1-5-8-17-12(13)14-10(2,3)9-11(4)15(12)6-7-16-11/h5,14H,1,6-9H2,2-4H3/t11-,12-/m0/s1. The summed E-state index contributed by atoms with van der Waals surface area (Å²) in [6.07, 6.45) is 2.92. The summed E-state index contributed by atoms with van der Waals surface area (Å²) in [5.41, 5.74) is -0.125. The average molecular weight is 321 g/mol. The zero-order chi connectivity index (χ0) is 12.7. The van der Waals surface area contributed by atoms with Crippen molar-refractivity contribution < 1.29 is 4.74 Å². The average Bonchev–Trinajstić information content (AvgIpc) is 2.55. The summed E-state index contributed by atoms with van der Waals surface area (Å²) < 4.78 is 5.72. The van der Waals surface area contributed by atoms with Gasteiger partial charge in [-0.3, -0.25) is 5.32 Å². The molecule has 2 saturated heterocycles. The Balaban J connectivity index is 2.26. The predicted molar refractivity (Wildman–Crippen MR) is 77.2 cm³/mol. The quantitative estimate of drug-likeness (QED) is 0.491. The van der Waals surface area contributed by atoms with Crippen LogP contribution in [0.4, 0.5) is 0 Å². The molecule has 2 aliphatic rings. The van der Waals surface area contributed by atoms with Gasteiger partial charge in [-0.05, 0) is 36.7 Å². The van der Waals surface area contributed by atoms with Crippen molar-refractivity contribution in [1.82, 2.24) is 10.2 Å². The van der Waals surface area contributed by atoms with Crippen LogP contribution in [0.3, 0.4) is 0 Å². The third-order valence-corrected chi connectivity index (χ3v) is 5.72. The zero-order valence-corrected chi connectivity index (χ0v) is 13.2. The van der Waals surface area contributed by atoms with Gasteiger partial charge < -0.3 is 4.74 Å². The smallest absolute Gasteiger partial charge is 0.180 e. The molecule has 0 aromatic heterocycles. The molecular weight excluding hydrogens is 300 g/mol. The first kappa shape index (κ1) is 13.9. The Kier molecular flexibility index (Phi) is 3.69. The molecule has 0 radical (unpaired) electrons. The minimum atomic E-state index is -0.256. The summed E-state index contributed by atoms with van der Waals surface area (Å²) in [6, 6.07) is 0. The lowest BCUT2D eigenvalue weighted by molar-refractivity contribution is -0.127. The van der Waals surface area contributed by atoms with Crippen LogP contribution in [0.5, 0.6) is 0 Å². The van der Waals surface area contributed by atoms with Gasteiger partial charge >= 0.3 is 0 Å². The Morgan fingerprint density at radius 1 is 1.53 bits per heavy atom. The summed E-state index contributed by atoms with van der Waals surface area (Å²) in [4.78, 5) is 2.37. The van der Waals surface area contributed by atoms with Crippen LogP contribution < -0.4 is 5.32 Å². The van der Waals surface area contributed by atoms with Crippen LogP contribution in [-0.2, 0) is 4.74 Å². The first-order valence-corrected chi connectivity index (χ1v) is 7.74. The molecule has 2 rings (SSSR count). The van der Waals surface area contributed by atoms with Gasteiger partial charge in [-0.2, -0.15) is 0 Å². The molecule has 0 saturated carbocycles. The third-order valence-electron chi connectivity index (χ3n) is 3.30. The Bertz CT molecular complexity index is 326. The molecule has 1 N–H and O–H groups in total. The molecule has 0 unspecified atom stereocenters. The summed E-state index contributed by atoms with van der Waals surface area (Å²) in [6.45, 7) is 12.2. The second kappa shape index (κ2) is 4.53. The lowest BCUT2D eigenvalue weighted by Crippen LogP contribution is -2.70. The molecule has 3 nitrogen and oxygen atoms in total. The van der Waals surface area contributed by atoms with E-state index in [-0.39, 0.29) is 15.2 Å². The number of rotatable bonds is 3. The number of nitrogens with one attached hydrogen (secondary N) is 1. The van der Waals surface area contributed by atoms with Crippen molar-refractivity contribution >= 4 is 27.7 Å². The molecule has 2 heterocycles. The monoisotopic (exact) mass is 320 g/mol.